The number of nitrogens with two attached hydrogens (primary N) is 2. The lowest BCUT2D eigenvalue weighted by Crippen LogP contribution is -2.35. The Hall–Kier alpha value is -2.09. The minimum Gasteiger partial charge on any atom is -0.397 e. The van der Waals surface area contributed by atoms with Gasteiger partial charge in [-0.1, -0.05) is 0 Å². The normalized spacial score (nSPS) is 10.9. The van der Waals surface area contributed by atoms with Gasteiger partial charge in [0.25, 0.3) is 5.91 Å². The van der Waals surface area contributed by atoms with Crippen LogP contribution >= 0.6 is 11.3 Å². The van der Waals surface area contributed by atoms with E-state index in [0.717, 1.165) is 15.9 Å². The second kappa shape index (κ2) is 4.54. The van der Waals surface area contributed by atoms with Crippen LogP contribution in [0.2, 0.25) is 0 Å². The number of thiophene rings is 1. The summed E-state index contributed by atoms with van der Waals surface area (Å²) in [6, 6.07) is 0. The molecule has 0 radical (unpaired) electrons. The van der Waals surface area contributed by atoms with Gasteiger partial charge in [-0.15, -0.1) is 11.3 Å². The van der Waals surface area contributed by atoms with Crippen LogP contribution in [0.3, 0.4) is 0 Å². The first-order valence-corrected chi connectivity index (χ1v) is 6.40. The lowest BCUT2D eigenvalue weighted by molar-refractivity contribution is -0.118. The molecular weight excluding hydrogens is 266 g/mol. The smallest absolute Gasteiger partial charge is 0.266 e. The molecule has 2 aromatic rings. The maximum absolute atomic E-state index is 12.2. The van der Waals surface area contributed by atoms with E-state index in [9.17, 15) is 9.59 Å². The van der Waals surface area contributed by atoms with Crippen LogP contribution in [0.1, 0.15) is 15.4 Å². The van der Waals surface area contributed by atoms with Crippen molar-refractivity contribution in [3.63, 3.8) is 0 Å². The third-order valence-electron chi connectivity index (χ3n) is 2.82. The molecule has 0 bridgehead atoms. The van der Waals surface area contributed by atoms with Crippen molar-refractivity contribution in [2.45, 2.75) is 6.92 Å². The highest BCUT2D eigenvalue weighted by molar-refractivity contribution is 7.21. The van der Waals surface area contributed by atoms with Crippen LogP contribution < -0.4 is 11.5 Å². The van der Waals surface area contributed by atoms with Crippen molar-refractivity contribution < 1.29 is 9.59 Å². The van der Waals surface area contributed by atoms with Crippen molar-refractivity contribution in [2.24, 2.45) is 12.8 Å². The number of carbonyl (C=O) groups excluding carboxylic acids is 2. The minimum absolute atomic E-state index is 0.135. The summed E-state index contributed by atoms with van der Waals surface area (Å²) in [5.41, 5.74) is 12.3. The first kappa shape index (κ1) is 13.3. The molecule has 0 aliphatic carbocycles. The molecule has 8 heteroatoms. The fourth-order valence-electron chi connectivity index (χ4n) is 1.97. The summed E-state index contributed by atoms with van der Waals surface area (Å²) in [6.45, 7) is 1.70. The Morgan fingerprint density at radius 3 is 2.63 bits per heavy atom. The number of nitrogens with zero attached hydrogens (tertiary/aromatic N) is 3. The summed E-state index contributed by atoms with van der Waals surface area (Å²) in [6.07, 6.45) is 0. The number of carbonyl (C=O) groups is 2. The molecule has 0 fully saturated rings. The highest BCUT2D eigenvalue weighted by Crippen LogP contribution is 2.35. The molecule has 2 aromatic heterocycles. The topological polar surface area (TPSA) is 107 Å². The molecule has 2 amide bonds. The number of aryl methyl sites for hydroxylation is 2. The summed E-state index contributed by atoms with van der Waals surface area (Å²) in [5.74, 6) is -0.870. The van der Waals surface area contributed by atoms with Crippen molar-refractivity contribution in [2.75, 3.05) is 19.3 Å². The molecule has 0 aromatic carbocycles. The lowest BCUT2D eigenvalue weighted by Gasteiger charge is -2.14. The van der Waals surface area contributed by atoms with Gasteiger partial charge in [0, 0.05) is 14.1 Å². The van der Waals surface area contributed by atoms with E-state index in [0.29, 0.717) is 10.6 Å². The van der Waals surface area contributed by atoms with Crippen LogP contribution in [-0.4, -0.2) is 40.1 Å². The zero-order chi connectivity index (χ0) is 14.3. The summed E-state index contributed by atoms with van der Waals surface area (Å²) >= 11 is 1.27. The molecule has 0 unspecified atom stereocenters. The van der Waals surface area contributed by atoms with E-state index >= 15 is 0 Å². The van der Waals surface area contributed by atoms with E-state index in [1.165, 1.54) is 23.3 Å². The molecule has 0 saturated heterocycles. The molecule has 0 aliphatic heterocycles. The quantitative estimate of drug-likeness (QED) is 0.830. The second-order valence-corrected chi connectivity index (χ2v) is 5.36. The van der Waals surface area contributed by atoms with E-state index in [2.05, 4.69) is 5.10 Å². The molecule has 2 heterocycles. The van der Waals surface area contributed by atoms with Crippen LogP contribution in [0.5, 0.6) is 0 Å². The Morgan fingerprint density at radius 1 is 1.47 bits per heavy atom. The van der Waals surface area contributed by atoms with Gasteiger partial charge in [0.05, 0.1) is 23.3 Å². The van der Waals surface area contributed by atoms with Gasteiger partial charge in [-0.2, -0.15) is 5.10 Å². The van der Waals surface area contributed by atoms with E-state index < -0.39 is 5.91 Å². The van der Waals surface area contributed by atoms with Crippen LogP contribution in [0, 0.1) is 6.92 Å². The summed E-state index contributed by atoms with van der Waals surface area (Å²) in [5, 5.41) is 5.05. The average molecular weight is 281 g/mol. The molecule has 0 saturated carbocycles. The minimum atomic E-state index is -0.562. The Balaban J connectivity index is 2.46. The highest BCUT2D eigenvalue weighted by atomic mass is 32.1. The van der Waals surface area contributed by atoms with Gasteiger partial charge in [-0.3, -0.25) is 14.3 Å². The molecule has 4 N–H and O–H groups in total. The predicted molar refractivity (Wildman–Crippen MR) is 73.9 cm³/mol. The number of hydrogen-bond acceptors (Lipinski definition) is 5. The Labute approximate surface area is 113 Å². The van der Waals surface area contributed by atoms with Gasteiger partial charge in [-0.05, 0) is 6.92 Å². The number of likely N-dealkylation sites (N-methyl/N-ethyl adjacent to an activating group) is 1. The third-order valence-corrected chi connectivity index (χ3v) is 4.08. The Kier molecular flexibility index (Phi) is 3.19. The Morgan fingerprint density at radius 2 is 2.11 bits per heavy atom. The van der Waals surface area contributed by atoms with Gasteiger partial charge >= 0.3 is 0 Å². The van der Waals surface area contributed by atoms with Gasteiger partial charge in [0.1, 0.15) is 9.71 Å². The number of anilines is 1. The van der Waals surface area contributed by atoms with Crippen molar-refractivity contribution in [3.8, 4) is 0 Å². The van der Waals surface area contributed by atoms with Crippen LogP contribution in [-0.2, 0) is 11.8 Å². The number of fused-ring (bicyclic) bond motifs is 1. The number of nitrogen functional groups attached to an aromatic ring is 1. The van der Waals surface area contributed by atoms with Gasteiger partial charge < -0.3 is 16.4 Å². The van der Waals surface area contributed by atoms with E-state index in [4.69, 9.17) is 11.5 Å². The zero-order valence-electron chi connectivity index (χ0n) is 10.9. The predicted octanol–water partition coefficient (Wildman–Crippen LogP) is 0.0827. The van der Waals surface area contributed by atoms with Crippen molar-refractivity contribution >= 4 is 39.1 Å². The number of hydrogen-bond donors (Lipinski definition) is 2. The molecular formula is C11H15N5O2S. The third kappa shape index (κ3) is 2.14. The first-order chi connectivity index (χ1) is 8.82. The van der Waals surface area contributed by atoms with Crippen LogP contribution in [0.4, 0.5) is 5.69 Å². The summed E-state index contributed by atoms with van der Waals surface area (Å²) < 4.78 is 1.69. The summed E-state index contributed by atoms with van der Waals surface area (Å²) in [4.78, 5) is 25.6. The monoisotopic (exact) mass is 281 g/mol. The van der Waals surface area contributed by atoms with E-state index in [1.807, 2.05) is 6.92 Å². The Bertz CT molecular complexity index is 672. The largest absolute Gasteiger partial charge is 0.397 e. The number of rotatable bonds is 3. The molecule has 2 rings (SSSR count). The van der Waals surface area contributed by atoms with Gasteiger partial charge in [0.15, 0.2) is 0 Å². The maximum atomic E-state index is 12.2. The molecule has 7 nitrogen and oxygen atoms in total. The van der Waals surface area contributed by atoms with Crippen molar-refractivity contribution in [1.82, 2.24) is 14.7 Å². The van der Waals surface area contributed by atoms with Crippen LogP contribution in [0.25, 0.3) is 10.2 Å². The molecule has 0 atom stereocenters. The van der Waals surface area contributed by atoms with Crippen molar-refractivity contribution in [1.29, 1.82) is 0 Å². The fraction of sp³-hybridized carbons (Fsp3) is 0.364. The van der Waals surface area contributed by atoms with Gasteiger partial charge in [-0.25, -0.2) is 0 Å². The van der Waals surface area contributed by atoms with Gasteiger partial charge in [0.2, 0.25) is 5.91 Å². The SMILES string of the molecule is Cc1nn(C)c2sc(C(=O)N(C)CC(N)=O)c(N)c12. The highest BCUT2D eigenvalue weighted by Gasteiger charge is 2.23. The molecule has 102 valence electrons. The standard InChI is InChI=1S/C11H15N5O2S/c1-5-7-8(13)9(19-11(7)16(3)14-5)10(18)15(2)4-6(12)17/h4,13H2,1-3H3,(H2,12,17). The average Bonchev–Trinajstić information content (AvgIpc) is 2.77. The zero-order valence-corrected chi connectivity index (χ0v) is 11.7. The van der Waals surface area contributed by atoms with Crippen LogP contribution in [0.15, 0.2) is 0 Å². The van der Waals surface area contributed by atoms with Crippen molar-refractivity contribution in [3.05, 3.63) is 10.6 Å². The first-order valence-electron chi connectivity index (χ1n) is 5.58. The number of amides is 2. The lowest BCUT2D eigenvalue weighted by atomic mass is 10.2. The molecule has 0 aliphatic rings. The molecule has 19 heavy (non-hydrogen) atoms. The second-order valence-electron chi connectivity index (χ2n) is 4.36. The summed E-state index contributed by atoms with van der Waals surface area (Å²) in [7, 11) is 3.31. The van der Waals surface area contributed by atoms with E-state index in [-0.39, 0.29) is 12.5 Å². The van der Waals surface area contributed by atoms with E-state index in [1.54, 1.807) is 11.7 Å². The molecule has 0 spiro atoms. The fourth-order valence-corrected chi connectivity index (χ4v) is 3.15. The number of aromatic nitrogens is 2. The number of primary amides is 1. The maximum Gasteiger partial charge on any atom is 0.266 e.